The molecule has 0 atom stereocenters. The first-order valence-corrected chi connectivity index (χ1v) is 7.81. The molecule has 1 aromatic carbocycles. The minimum Gasteiger partial charge on any atom is -0.398 e. The highest BCUT2D eigenvalue weighted by atomic mass is 32.1. The summed E-state index contributed by atoms with van der Waals surface area (Å²) in [5.74, 6) is 0. The summed E-state index contributed by atoms with van der Waals surface area (Å²) >= 11 is 1.62. The highest BCUT2D eigenvalue weighted by molar-refractivity contribution is 7.13. The molecule has 0 radical (unpaired) electrons. The van der Waals surface area contributed by atoms with Crippen LogP contribution >= 0.6 is 11.3 Å². The lowest BCUT2D eigenvalue weighted by Gasteiger charge is -2.10. The molecule has 0 saturated heterocycles. The van der Waals surface area contributed by atoms with Gasteiger partial charge >= 0.3 is 0 Å². The fourth-order valence-electron chi connectivity index (χ4n) is 2.35. The SMILES string of the molecule is Cc1ccc(CCc2cccc(N)c2-c2nccs2)nc1. The van der Waals surface area contributed by atoms with E-state index in [4.69, 9.17) is 5.73 Å². The first-order chi connectivity index (χ1) is 10.2. The van der Waals surface area contributed by atoms with Gasteiger partial charge in [0.05, 0.1) is 0 Å². The molecule has 0 aliphatic rings. The maximum atomic E-state index is 6.15. The molecule has 4 heteroatoms. The number of thiazole rings is 1. The van der Waals surface area contributed by atoms with Crippen molar-refractivity contribution in [3.8, 4) is 10.6 Å². The fourth-order valence-corrected chi connectivity index (χ4v) is 3.08. The van der Waals surface area contributed by atoms with Gasteiger partial charge in [0, 0.05) is 34.7 Å². The van der Waals surface area contributed by atoms with E-state index in [0.29, 0.717) is 0 Å². The zero-order chi connectivity index (χ0) is 14.7. The second kappa shape index (κ2) is 6.06. The topological polar surface area (TPSA) is 51.8 Å². The lowest BCUT2D eigenvalue weighted by atomic mass is 10.0. The highest BCUT2D eigenvalue weighted by Crippen LogP contribution is 2.31. The summed E-state index contributed by atoms with van der Waals surface area (Å²) in [5, 5.41) is 2.97. The van der Waals surface area contributed by atoms with E-state index in [9.17, 15) is 0 Å². The summed E-state index contributed by atoms with van der Waals surface area (Å²) in [6.07, 6.45) is 5.55. The van der Waals surface area contributed by atoms with Crippen LogP contribution < -0.4 is 5.73 Å². The number of nitrogens with zero attached hydrogens (tertiary/aromatic N) is 2. The molecule has 2 N–H and O–H groups in total. The van der Waals surface area contributed by atoms with Gasteiger partial charge in [-0.1, -0.05) is 18.2 Å². The van der Waals surface area contributed by atoms with Crippen LogP contribution in [0.4, 0.5) is 5.69 Å². The Morgan fingerprint density at radius 3 is 2.71 bits per heavy atom. The minimum atomic E-state index is 0.791. The second-order valence-electron chi connectivity index (χ2n) is 5.05. The zero-order valence-corrected chi connectivity index (χ0v) is 12.7. The van der Waals surface area contributed by atoms with E-state index in [2.05, 4.69) is 35.1 Å². The Kier molecular flexibility index (Phi) is 3.97. The number of nitrogen functional groups attached to an aromatic ring is 1. The first kappa shape index (κ1) is 13.8. The molecule has 0 aliphatic carbocycles. The lowest BCUT2D eigenvalue weighted by Crippen LogP contribution is -1.99. The number of benzene rings is 1. The molecule has 0 bridgehead atoms. The third kappa shape index (κ3) is 3.11. The predicted molar refractivity (Wildman–Crippen MR) is 88.3 cm³/mol. The number of aromatic nitrogens is 2. The summed E-state index contributed by atoms with van der Waals surface area (Å²) in [4.78, 5) is 8.86. The Morgan fingerprint density at radius 2 is 2.00 bits per heavy atom. The standard InChI is InChI=1S/C17H17N3S/c1-12-5-7-14(20-11-12)8-6-13-3-2-4-15(18)16(13)17-19-9-10-21-17/h2-5,7,9-11H,6,8,18H2,1H3. The Labute approximate surface area is 128 Å². The molecule has 0 fully saturated rings. The van der Waals surface area contributed by atoms with Crippen molar-refractivity contribution >= 4 is 17.0 Å². The molecule has 3 aromatic rings. The van der Waals surface area contributed by atoms with Crippen LogP contribution in [0.25, 0.3) is 10.6 Å². The third-order valence-corrected chi connectivity index (χ3v) is 4.24. The highest BCUT2D eigenvalue weighted by Gasteiger charge is 2.11. The van der Waals surface area contributed by atoms with Gasteiger partial charge in [0.25, 0.3) is 0 Å². The van der Waals surface area contributed by atoms with Crippen LogP contribution in [0.1, 0.15) is 16.8 Å². The van der Waals surface area contributed by atoms with Crippen molar-refractivity contribution in [1.82, 2.24) is 9.97 Å². The summed E-state index contributed by atoms with van der Waals surface area (Å²) in [6, 6.07) is 10.3. The molecular weight excluding hydrogens is 278 g/mol. The normalized spacial score (nSPS) is 10.7. The van der Waals surface area contributed by atoms with Gasteiger partial charge in [0.1, 0.15) is 5.01 Å². The summed E-state index contributed by atoms with van der Waals surface area (Å²) in [7, 11) is 0. The Bertz CT molecular complexity index is 718. The number of pyridine rings is 1. The van der Waals surface area contributed by atoms with Crippen LogP contribution in [0, 0.1) is 6.92 Å². The predicted octanol–water partition coefficient (Wildman–Crippen LogP) is 3.88. The molecule has 0 aliphatic heterocycles. The van der Waals surface area contributed by atoms with Crippen LogP contribution in [-0.4, -0.2) is 9.97 Å². The van der Waals surface area contributed by atoms with Crippen molar-refractivity contribution in [2.45, 2.75) is 19.8 Å². The molecule has 0 amide bonds. The van der Waals surface area contributed by atoms with Crippen LogP contribution in [0.5, 0.6) is 0 Å². The van der Waals surface area contributed by atoms with E-state index >= 15 is 0 Å². The molecule has 106 valence electrons. The monoisotopic (exact) mass is 295 g/mol. The Morgan fingerprint density at radius 1 is 1.10 bits per heavy atom. The largest absolute Gasteiger partial charge is 0.398 e. The molecule has 0 spiro atoms. The second-order valence-corrected chi connectivity index (χ2v) is 5.94. The van der Waals surface area contributed by atoms with E-state index in [0.717, 1.165) is 34.8 Å². The summed E-state index contributed by atoms with van der Waals surface area (Å²) in [5.41, 5.74) is 11.5. The summed E-state index contributed by atoms with van der Waals surface area (Å²) in [6.45, 7) is 2.05. The molecule has 2 aromatic heterocycles. The number of nitrogens with two attached hydrogens (primary N) is 1. The number of anilines is 1. The smallest absolute Gasteiger partial charge is 0.125 e. The van der Waals surface area contributed by atoms with Gasteiger partial charge < -0.3 is 5.73 Å². The number of hydrogen-bond donors (Lipinski definition) is 1. The summed E-state index contributed by atoms with van der Waals surface area (Å²) < 4.78 is 0. The average molecular weight is 295 g/mol. The van der Waals surface area contributed by atoms with Crippen molar-refractivity contribution in [2.24, 2.45) is 0 Å². The average Bonchev–Trinajstić information content (AvgIpc) is 3.00. The van der Waals surface area contributed by atoms with Gasteiger partial charge in [-0.05, 0) is 43.0 Å². The molecule has 0 unspecified atom stereocenters. The first-order valence-electron chi connectivity index (χ1n) is 6.93. The van der Waals surface area contributed by atoms with E-state index in [1.807, 2.05) is 29.9 Å². The van der Waals surface area contributed by atoms with Crippen molar-refractivity contribution in [3.05, 3.63) is 64.9 Å². The van der Waals surface area contributed by atoms with E-state index in [1.54, 1.807) is 11.3 Å². The van der Waals surface area contributed by atoms with Crippen molar-refractivity contribution in [3.63, 3.8) is 0 Å². The molecular formula is C17H17N3S. The van der Waals surface area contributed by atoms with Crippen LogP contribution in [-0.2, 0) is 12.8 Å². The van der Waals surface area contributed by atoms with Crippen LogP contribution in [0.2, 0.25) is 0 Å². The number of hydrogen-bond acceptors (Lipinski definition) is 4. The minimum absolute atomic E-state index is 0.791. The molecule has 21 heavy (non-hydrogen) atoms. The van der Waals surface area contributed by atoms with Gasteiger partial charge in [0.15, 0.2) is 0 Å². The molecule has 2 heterocycles. The fraction of sp³-hybridized carbons (Fsp3) is 0.176. The van der Waals surface area contributed by atoms with Gasteiger partial charge in [0.2, 0.25) is 0 Å². The molecule has 3 rings (SSSR count). The number of rotatable bonds is 4. The number of aryl methyl sites for hydroxylation is 3. The molecule has 3 nitrogen and oxygen atoms in total. The van der Waals surface area contributed by atoms with Crippen molar-refractivity contribution in [1.29, 1.82) is 0 Å². The maximum absolute atomic E-state index is 6.15. The van der Waals surface area contributed by atoms with Crippen LogP contribution in [0.3, 0.4) is 0 Å². The Hall–Kier alpha value is -2.20. The van der Waals surface area contributed by atoms with Crippen molar-refractivity contribution < 1.29 is 0 Å². The van der Waals surface area contributed by atoms with Crippen molar-refractivity contribution in [2.75, 3.05) is 5.73 Å². The lowest BCUT2D eigenvalue weighted by molar-refractivity contribution is 0.912. The Balaban J connectivity index is 1.86. The maximum Gasteiger partial charge on any atom is 0.125 e. The zero-order valence-electron chi connectivity index (χ0n) is 11.9. The van der Waals surface area contributed by atoms with Crippen LogP contribution in [0.15, 0.2) is 48.1 Å². The quantitative estimate of drug-likeness (QED) is 0.743. The molecule has 0 saturated carbocycles. The van der Waals surface area contributed by atoms with E-state index in [1.165, 1.54) is 11.1 Å². The van der Waals surface area contributed by atoms with Gasteiger partial charge in [-0.25, -0.2) is 4.98 Å². The third-order valence-electron chi connectivity index (χ3n) is 3.45. The van der Waals surface area contributed by atoms with Gasteiger partial charge in [-0.2, -0.15) is 0 Å². The van der Waals surface area contributed by atoms with Gasteiger partial charge in [-0.3, -0.25) is 4.98 Å². The van der Waals surface area contributed by atoms with E-state index in [-0.39, 0.29) is 0 Å². The van der Waals surface area contributed by atoms with Gasteiger partial charge in [-0.15, -0.1) is 11.3 Å². The van der Waals surface area contributed by atoms with E-state index < -0.39 is 0 Å².